The summed E-state index contributed by atoms with van der Waals surface area (Å²) in [6.07, 6.45) is 3.86. The fourth-order valence-electron chi connectivity index (χ4n) is 5.06. The lowest BCUT2D eigenvalue weighted by molar-refractivity contribution is -1.02. The molecule has 1 aromatic rings. The average molecular weight is 391 g/mol. The first-order valence-corrected chi connectivity index (χ1v) is 10.4. The second-order valence-corrected chi connectivity index (χ2v) is 8.39. The summed E-state index contributed by atoms with van der Waals surface area (Å²) in [6, 6.07) is 4.64. The van der Waals surface area contributed by atoms with Gasteiger partial charge in [0.1, 0.15) is 44.3 Å². The van der Waals surface area contributed by atoms with Gasteiger partial charge in [0, 0.05) is 0 Å². The van der Waals surface area contributed by atoms with Gasteiger partial charge in [-0.25, -0.2) is 9.29 Å². The lowest BCUT2D eigenvalue weighted by Crippen LogP contribution is -3.28. The minimum Gasteiger partial charge on any atom is -0.496 e. The van der Waals surface area contributed by atoms with E-state index in [1.807, 2.05) is 0 Å². The Morgan fingerprint density at radius 1 is 1.04 bits per heavy atom. The van der Waals surface area contributed by atoms with Crippen LogP contribution in [0.25, 0.3) is 0 Å². The SMILES string of the molecule is COc1ccc(F)cc1C[NH+]1CC[NH+](CN2C(=O)[C@@H]3CCCC[C@H]3C2=O)CC1. The van der Waals surface area contributed by atoms with Crippen LogP contribution < -0.4 is 14.5 Å². The van der Waals surface area contributed by atoms with E-state index in [-0.39, 0.29) is 29.5 Å². The monoisotopic (exact) mass is 391 g/mol. The summed E-state index contributed by atoms with van der Waals surface area (Å²) in [4.78, 5) is 29.5. The minimum atomic E-state index is -0.244. The van der Waals surface area contributed by atoms with Gasteiger partial charge in [0.05, 0.1) is 24.5 Å². The lowest BCUT2D eigenvalue weighted by Gasteiger charge is -2.31. The molecule has 0 radical (unpaired) electrons. The Bertz CT molecular complexity index is 724. The predicted molar refractivity (Wildman–Crippen MR) is 100 cm³/mol. The number of carbonyl (C=O) groups excluding carboxylic acids is 2. The van der Waals surface area contributed by atoms with Gasteiger partial charge in [0.2, 0.25) is 11.8 Å². The quantitative estimate of drug-likeness (QED) is 0.650. The van der Waals surface area contributed by atoms with E-state index >= 15 is 0 Å². The first kappa shape index (κ1) is 19.3. The molecule has 6 nitrogen and oxygen atoms in total. The number of nitrogens with one attached hydrogen (secondary N) is 2. The summed E-state index contributed by atoms with van der Waals surface area (Å²) in [5, 5.41) is 0. The molecule has 1 saturated carbocycles. The molecule has 152 valence electrons. The first-order chi connectivity index (χ1) is 13.6. The third-order valence-corrected chi connectivity index (χ3v) is 6.66. The van der Waals surface area contributed by atoms with Crippen LogP contribution in [-0.4, -0.2) is 56.7 Å². The molecule has 0 aromatic heterocycles. The van der Waals surface area contributed by atoms with Crippen molar-refractivity contribution in [2.75, 3.05) is 40.0 Å². The van der Waals surface area contributed by atoms with Crippen LogP contribution in [0.5, 0.6) is 5.75 Å². The molecule has 0 spiro atoms. The molecule has 0 unspecified atom stereocenters. The summed E-state index contributed by atoms with van der Waals surface area (Å²) in [5.41, 5.74) is 0.884. The fraction of sp³-hybridized carbons (Fsp3) is 0.619. The van der Waals surface area contributed by atoms with Crippen LogP contribution in [0.2, 0.25) is 0 Å². The van der Waals surface area contributed by atoms with Crippen LogP contribution in [0, 0.1) is 17.7 Å². The number of ether oxygens (including phenoxy) is 1. The molecule has 2 heterocycles. The summed E-state index contributed by atoms with van der Waals surface area (Å²) in [7, 11) is 1.61. The topological polar surface area (TPSA) is 55.5 Å². The van der Waals surface area contributed by atoms with Crippen molar-refractivity contribution >= 4 is 11.8 Å². The molecule has 3 fully saturated rings. The zero-order chi connectivity index (χ0) is 19.7. The smallest absolute Gasteiger partial charge is 0.237 e. The van der Waals surface area contributed by atoms with Crippen molar-refractivity contribution in [2.45, 2.75) is 32.2 Å². The summed E-state index contributed by atoms with van der Waals surface area (Å²) in [6.45, 7) is 4.88. The van der Waals surface area contributed by atoms with E-state index in [1.165, 1.54) is 20.8 Å². The third kappa shape index (κ3) is 3.78. The molecule has 1 aliphatic carbocycles. The zero-order valence-electron chi connectivity index (χ0n) is 16.5. The number of likely N-dealkylation sites (tertiary alicyclic amines) is 1. The Balaban J connectivity index is 1.32. The number of amides is 2. The highest BCUT2D eigenvalue weighted by atomic mass is 19.1. The second kappa shape index (κ2) is 8.17. The lowest BCUT2D eigenvalue weighted by atomic mass is 9.81. The summed E-state index contributed by atoms with van der Waals surface area (Å²) >= 11 is 0. The van der Waals surface area contributed by atoms with Gasteiger partial charge in [-0.15, -0.1) is 0 Å². The zero-order valence-corrected chi connectivity index (χ0v) is 16.5. The highest BCUT2D eigenvalue weighted by Gasteiger charge is 2.49. The van der Waals surface area contributed by atoms with Gasteiger partial charge < -0.3 is 14.5 Å². The van der Waals surface area contributed by atoms with E-state index in [2.05, 4.69) is 0 Å². The highest BCUT2D eigenvalue weighted by Crippen LogP contribution is 2.37. The Labute approximate surface area is 165 Å². The maximum atomic E-state index is 13.6. The van der Waals surface area contributed by atoms with Gasteiger partial charge >= 0.3 is 0 Å². The van der Waals surface area contributed by atoms with E-state index < -0.39 is 0 Å². The van der Waals surface area contributed by atoms with Crippen molar-refractivity contribution in [1.82, 2.24) is 4.90 Å². The van der Waals surface area contributed by atoms with Crippen LogP contribution >= 0.6 is 0 Å². The van der Waals surface area contributed by atoms with Crippen LogP contribution in [0.3, 0.4) is 0 Å². The van der Waals surface area contributed by atoms with Crippen molar-refractivity contribution in [3.8, 4) is 5.75 Å². The normalized spacial score (nSPS) is 30.4. The van der Waals surface area contributed by atoms with Crippen LogP contribution in [-0.2, 0) is 16.1 Å². The van der Waals surface area contributed by atoms with Crippen molar-refractivity contribution in [1.29, 1.82) is 0 Å². The number of nitrogens with zero attached hydrogens (tertiary/aromatic N) is 1. The maximum Gasteiger partial charge on any atom is 0.237 e. The van der Waals surface area contributed by atoms with Crippen LogP contribution in [0.4, 0.5) is 4.39 Å². The number of rotatable bonds is 5. The Hall–Kier alpha value is -1.99. The van der Waals surface area contributed by atoms with Gasteiger partial charge in [-0.1, -0.05) is 12.8 Å². The number of halogens is 1. The van der Waals surface area contributed by atoms with Gasteiger partial charge in [-0.3, -0.25) is 9.59 Å². The van der Waals surface area contributed by atoms with Crippen molar-refractivity contribution < 1.29 is 28.5 Å². The largest absolute Gasteiger partial charge is 0.496 e. The predicted octanol–water partition coefficient (Wildman–Crippen LogP) is -0.750. The number of fused-ring (bicyclic) bond motifs is 1. The number of imide groups is 1. The van der Waals surface area contributed by atoms with Gasteiger partial charge in [0.15, 0.2) is 6.67 Å². The highest BCUT2D eigenvalue weighted by molar-refractivity contribution is 6.05. The second-order valence-electron chi connectivity index (χ2n) is 8.39. The molecule has 2 atom stereocenters. The standard InChI is InChI=1S/C21H28FN3O3/c1-28-19-7-6-16(22)12-15(19)13-23-8-10-24(11-9-23)14-25-20(26)17-4-2-3-5-18(17)21(25)27/h6-7,12,17-18H,2-5,8-11,13-14H2,1H3/p+2/t17-,18-/m1/s1. The number of methoxy groups -OCH3 is 1. The molecular weight excluding hydrogens is 361 g/mol. The molecular formula is C21H30FN3O3+2. The minimum absolute atomic E-state index is 0.0569. The van der Waals surface area contributed by atoms with E-state index in [0.29, 0.717) is 6.67 Å². The van der Waals surface area contributed by atoms with Crippen molar-refractivity contribution in [2.24, 2.45) is 11.8 Å². The van der Waals surface area contributed by atoms with Crippen LogP contribution in [0.15, 0.2) is 18.2 Å². The van der Waals surface area contributed by atoms with Crippen molar-refractivity contribution in [3.63, 3.8) is 0 Å². The number of carbonyl (C=O) groups is 2. The molecule has 4 rings (SSSR count). The number of benzene rings is 1. The number of hydrogen-bond donors (Lipinski definition) is 2. The number of quaternary nitrogens is 2. The van der Waals surface area contributed by atoms with Crippen molar-refractivity contribution in [3.05, 3.63) is 29.6 Å². The summed E-state index contributed by atoms with van der Waals surface area (Å²) < 4.78 is 18.9. The molecule has 3 aliphatic rings. The Morgan fingerprint density at radius 2 is 1.64 bits per heavy atom. The molecule has 28 heavy (non-hydrogen) atoms. The molecule has 2 aliphatic heterocycles. The Kier molecular flexibility index (Phi) is 5.64. The van der Waals surface area contributed by atoms with E-state index in [0.717, 1.165) is 69.7 Å². The van der Waals surface area contributed by atoms with Crippen LogP contribution in [0.1, 0.15) is 31.2 Å². The number of hydrogen-bond acceptors (Lipinski definition) is 3. The van der Waals surface area contributed by atoms with Gasteiger partial charge in [-0.2, -0.15) is 0 Å². The van der Waals surface area contributed by atoms with Gasteiger partial charge in [-0.05, 0) is 31.0 Å². The molecule has 0 bridgehead atoms. The summed E-state index contributed by atoms with van der Waals surface area (Å²) in [5.74, 6) is 0.468. The molecule has 2 N–H and O–H groups in total. The van der Waals surface area contributed by atoms with E-state index in [1.54, 1.807) is 19.2 Å². The third-order valence-electron chi connectivity index (χ3n) is 6.66. The molecule has 2 saturated heterocycles. The van der Waals surface area contributed by atoms with Gasteiger partial charge in [0.25, 0.3) is 0 Å². The van der Waals surface area contributed by atoms with E-state index in [9.17, 15) is 14.0 Å². The molecule has 1 aromatic carbocycles. The number of piperazine rings is 1. The first-order valence-electron chi connectivity index (χ1n) is 10.4. The molecule has 7 heteroatoms. The molecule has 2 amide bonds. The van der Waals surface area contributed by atoms with E-state index in [4.69, 9.17) is 4.74 Å². The average Bonchev–Trinajstić information content (AvgIpc) is 2.95. The maximum absolute atomic E-state index is 13.6. The fourth-order valence-corrected chi connectivity index (χ4v) is 5.06. The Morgan fingerprint density at radius 3 is 2.25 bits per heavy atom.